The van der Waals surface area contributed by atoms with E-state index in [4.69, 9.17) is 4.74 Å². The molecule has 3 saturated heterocycles. The number of rotatable bonds is 9. The third-order valence-corrected chi connectivity index (χ3v) is 8.18. The van der Waals surface area contributed by atoms with Crippen LogP contribution in [0.5, 0.6) is 0 Å². The first-order chi connectivity index (χ1) is 16.6. The van der Waals surface area contributed by atoms with Crippen molar-refractivity contribution in [2.75, 3.05) is 13.2 Å². The van der Waals surface area contributed by atoms with Crippen LogP contribution in [0.2, 0.25) is 0 Å². The van der Waals surface area contributed by atoms with E-state index in [1.807, 2.05) is 65.0 Å². The van der Waals surface area contributed by atoms with Crippen LogP contribution in [0.25, 0.3) is 0 Å². The third-order valence-electron chi connectivity index (χ3n) is 8.18. The minimum atomic E-state index is -1.11. The van der Waals surface area contributed by atoms with Crippen molar-refractivity contribution >= 4 is 17.7 Å². The molecule has 0 radical (unpaired) electrons. The summed E-state index contributed by atoms with van der Waals surface area (Å²) in [4.78, 5) is 42.8. The summed E-state index contributed by atoms with van der Waals surface area (Å²) in [6.07, 6.45) is 1.69. The van der Waals surface area contributed by atoms with Crippen molar-refractivity contribution in [2.45, 2.75) is 83.2 Å². The van der Waals surface area contributed by atoms with Gasteiger partial charge in [-0.1, -0.05) is 44.2 Å². The number of hydrogen-bond acceptors (Lipinski definition) is 5. The maximum Gasteiger partial charge on any atom is 0.246 e. The molecule has 1 spiro atoms. The van der Waals surface area contributed by atoms with Crippen LogP contribution in [0.4, 0.5) is 0 Å². The van der Waals surface area contributed by atoms with E-state index in [0.717, 1.165) is 12.0 Å². The predicted molar refractivity (Wildman–Crippen MR) is 131 cm³/mol. The van der Waals surface area contributed by atoms with Gasteiger partial charge in [-0.2, -0.15) is 0 Å². The van der Waals surface area contributed by atoms with Gasteiger partial charge < -0.3 is 25.4 Å². The smallest absolute Gasteiger partial charge is 0.246 e. The van der Waals surface area contributed by atoms with E-state index in [9.17, 15) is 19.5 Å². The first kappa shape index (κ1) is 25.6. The van der Waals surface area contributed by atoms with E-state index in [2.05, 4.69) is 10.6 Å². The van der Waals surface area contributed by atoms with Gasteiger partial charge in [-0.15, -0.1) is 0 Å². The molecule has 3 unspecified atom stereocenters. The molecule has 3 amide bonds. The number of aliphatic hydroxyl groups is 1. The summed E-state index contributed by atoms with van der Waals surface area (Å²) in [6, 6.07) is 7.95. The molecule has 35 heavy (non-hydrogen) atoms. The Morgan fingerprint density at radius 3 is 2.51 bits per heavy atom. The highest BCUT2D eigenvalue weighted by Crippen LogP contribution is 2.65. The van der Waals surface area contributed by atoms with E-state index in [0.29, 0.717) is 19.4 Å². The molecule has 3 N–H and O–H groups in total. The first-order valence-electron chi connectivity index (χ1n) is 12.9. The van der Waals surface area contributed by atoms with E-state index in [1.165, 1.54) is 4.90 Å². The molecule has 4 rings (SSSR count). The quantitative estimate of drug-likeness (QED) is 0.493. The molecular weight excluding hydrogens is 446 g/mol. The Kier molecular flexibility index (Phi) is 6.99. The van der Waals surface area contributed by atoms with E-state index < -0.39 is 35.1 Å². The highest BCUT2D eigenvalue weighted by atomic mass is 16.5. The Hall–Kier alpha value is -2.45. The molecule has 2 bridgehead atoms. The van der Waals surface area contributed by atoms with Crippen LogP contribution >= 0.6 is 0 Å². The normalized spacial score (nSPS) is 34.3. The number of nitrogens with one attached hydrogen (secondary N) is 2. The second-order valence-corrected chi connectivity index (χ2v) is 10.9. The van der Waals surface area contributed by atoms with Crippen LogP contribution < -0.4 is 10.6 Å². The number of carbonyl (C=O) groups excluding carboxylic acids is 3. The highest BCUT2D eigenvalue weighted by molar-refractivity contribution is 5.99. The number of nitrogens with zero attached hydrogens (tertiary/aromatic N) is 1. The summed E-state index contributed by atoms with van der Waals surface area (Å²) in [5, 5.41) is 16.4. The fraction of sp³-hybridized carbons (Fsp3) is 0.667. The zero-order valence-electron chi connectivity index (χ0n) is 21.4. The average molecular weight is 486 g/mol. The van der Waals surface area contributed by atoms with Gasteiger partial charge in [0, 0.05) is 12.6 Å². The lowest BCUT2D eigenvalue weighted by Gasteiger charge is -2.37. The Bertz CT molecular complexity index is 969. The van der Waals surface area contributed by atoms with Crippen molar-refractivity contribution in [1.82, 2.24) is 15.5 Å². The summed E-state index contributed by atoms with van der Waals surface area (Å²) < 4.78 is 6.69. The van der Waals surface area contributed by atoms with Gasteiger partial charge >= 0.3 is 0 Å². The minimum Gasteiger partial charge on any atom is -0.394 e. The van der Waals surface area contributed by atoms with Crippen molar-refractivity contribution in [1.29, 1.82) is 0 Å². The molecule has 3 aliphatic rings. The van der Waals surface area contributed by atoms with Crippen molar-refractivity contribution in [3.05, 3.63) is 35.9 Å². The van der Waals surface area contributed by atoms with Gasteiger partial charge in [-0.25, -0.2) is 0 Å². The summed E-state index contributed by atoms with van der Waals surface area (Å²) in [6.45, 7) is 9.88. The monoisotopic (exact) mass is 485 g/mol. The van der Waals surface area contributed by atoms with Crippen LogP contribution in [-0.2, 0) is 25.5 Å². The number of aliphatic hydroxyl groups excluding tert-OH is 1. The fourth-order valence-electron chi connectivity index (χ4n) is 6.63. The van der Waals surface area contributed by atoms with Gasteiger partial charge in [0.15, 0.2) is 0 Å². The van der Waals surface area contributed by atoms with Crippen LogP contribution in [-0.4, -0.2) is 70.2 Å². The van der Waals surface area contributed by atoms with Gasteiger partial charge in [0.2, 0.25) is 17.7 Å². The van der Waals surface area contributed by atoms with Gasteiger partial charge in [0.05, 0.1) is 30.1 Å². The van der Waals surface area contributed by atoms with E-state index in [-0.39, 0.29) is 36.3 Å². The maximum absolute atomic E-state index is 14.2. The lowest BCUT2D eigenvalue weighted by molar-refractivity contribution is -0.151. The molecule has 192 valence electrons. The number of likely N-dealkylation sites (tertiary alicyclic amines) is 1. The molecule has 0 saturated carbocycles. The molecule has 1 aromatic rings. The van der Waals surface area contributed by atoms with Gasteiger partial charge in [0.1, 0.15) is 11.6 Å². The highest BCUT2D eigenvalue weighted by Gasteiger charge is 2.80. The molecule has 3 heterocycles. The van der Waals surface area contributed by atoms with Gasteiger partial charge in [0.25, 0.3) is 0 Å². The number of benzene rings is 1. The number of fused-ring (bicyclic) bond motifs is 1. The third kappa shape index (κ3) is 4.04. The maximum atomic E-state index is 14.2. The number of carbonyl (C=O) groups is 3. The molecule has 3 aliphatic heterocycles. The predicted octanol–water partition coefficient (Wildman–Crippen LogP) is 1.65. The zero-order valence-corrected chi connectivity index (χ0v) is 21.4. The second kappa shape index (κ2) is 9.54. The number of hydrogen-bond donors (Lipinski definition) is 3. The molecular formula is C27H39N3O5. The Morgan fingerprint density at radius 2 is 1.91 bits per heavy atom. The zero-order chi connectivity index (χ0) is 25.5. The van der Waals surface area contributed by atoms with Crippen molar-refractivity contribution < 1.29 is 24.2 Å². The Balaban J connectivity index is 1.79. The lowest BCUT2D eigenvalue weighted by Crippen LogP contribution is -2.59. The van der Waals surface area contributed by atoms with Crippen LogP contribution in [0, 0.1) is 17.8 Å². The van der Waals surface area contributed by atoms with Crippen molar-refractivity contribution in [2.24, 2.45) is 17.8 Å². The minimum absolute atomic E-state index is 0.0140. The molecule has 3 fully saturated rings. The molecule has 0 aromatic heterocycles. The summed E-state index contributed by atoms with van der Waals surface area (Å²) in [5.41, 5.74) is -0.989. The summed E-state index contributed by atoms with van der Waals surface area (Å²) in [5.74, 6) is -2.26. The van der Waals surface area contributed by atoms with Gasteiger partial charge in [-0.3, -0.25) is 14.4 Å². The van der Waals surface area contributed by atoms with Crippen LogP contribution in [0.1, 0.15) is 53.0 Å². The van der Waals surface area contributed by atoms with Crippen molar-refractivity contribution in [3.63, 3.8) is 0 Å². The lowest BCUT2D eigenvalue weighted by atomic mass is 9.62. The second-order valence-electron chi connectivity index (χ2n) is 10.9. The molecule has 1 aromatic carbocycles. The fourth-order valence-corrected chi connectivity index (χ4v) is 6.63. The SMILES string of the molecule is CCCNC(=O)[C@H]1[C@H]2C(=O)N([C@@H](CO)Cc3ccccc3)C(C(=O)NC(C)C)C23CC(C)[C@]1(C)O3. The molecule has 8 nitrogen and oxygen atoms in total. The summed E-state index contributed by atoms with van der Waals surface area (Å²) in [7, 11) is 0. The topological polar surface area (TPSA) is 108 Å². The molecule has 7 atom stereocenters. The summed E-state index contributed by atoms with van der Waals surface area (Å²) >= 11 is 0. The van der Waals surface area contributed by atoms with Crippen molar-refractivity contribution in [3.8, 4) is 0 Å². The number of amides is 3. The molecule has 0 aliphatic carbocycles. The Labute approximate surface area is 207 Å². The van der Waals surface area contributed by atoms with Crippen LogP contribution in [0.15, 0.2) is 30.3 Å². The van der Waals surface area contributed by atoms with E-state index in [1.54, 1.807) is 0 Å². The van der Waals surface area contributed by atoms with Gasteiger partial charge in [-0.05, 0) is 51.5 Å². The standard InChI is InChI=1S/C27H39N3O5/c1-6-12-28-23(32)20-21-25(34)30(19(15-31)13-18-10-8-7-9-11-18)22(24(33)29-16(2)3)27(21)14-17(4)26(20,5)35-27/h7-11,16-17,19-22,31H,6,12-15H2,1-5H3,(H,28,32)(H,29,33)/t17?,19-,20-,21+,22?,26+,27?/m1/s1. The number of ether oxygens (including phenoxy) is 1. The molecule has 8 heteroatoms. The Morgan fingerprint density at radius 1 is 1.23 bits per heavy atom. The van der Waals surface area contributed by atoms with E-state index >= 15 is 0 Å². The van der Waals surface area contributed by atoms with Crippen LogP contribution in [0.3, 0.4) is 0 Å². The average Bonchev–Trinajstić information content (AvgIpc) is 3.33. The largest absolute Gasteiger partial charge is 0.394 e. The first-order valence-corrected chi connectivity index (χ1v) is 12.9.